The number of thioether (sulfide) groups is 1. The van der Waals surface area contributed by atoms with Crippen LogP contribution in [0.4, 0.5) is 4.39 Å². The van der Waals surface area contributed by atoms with Gasteiger partial charge in [0.1, 0.15) is 5.82 Å². The number of carbonyl (C=O) groups excluding carboxylic acids is 2. The van der Waals surface area contributed by atoms with Crippen molar-refractivity contribution in [2.75, 3.05) is 0 Å². The number of ketones is 1. The summed E-state index contributed by atoms with van der Waals surface area (Å²) in [5, 5.41) is -0.524. The van der Waals surface area contributed by atoms with Crippen LogP contribution in [0.1, 0.15) is 15.9 Å². The van der Waals surface area contributed by atoms with E-state index in [4.69, 9.17) is 0 Å². The molecule has 1 aromatic carbocycles. The lowest BCUT2D eigenvalue weighted by atomic mass is 10.1. The fourth-order valence-electron chi connectivity index (χ4n) is 1.23. The van der Waals surface area contributed by atoms with Crippen molar-refractivity contribution in [3.05, 3.63) is 29.1 Å². The predicted octanol–water partition coefficient (Wildman–Crippen LogP) is 1.95. The van der Waals surface area contributed by atoms with E-state index in [2.05, 4.69) is 0 Å². The highest BCUT2D eigenvalue weighted by molar-refractivity contribution is 8.16. The molecule has 66 valence electrons. The van der Waals surface area contributed by atoms with Gasteiger partial charge in [-0.05, 0) is 36.4 Å². The summed E-state index contributed by atoms with van der Waals surface area (Å²) in [7, 11) is 0. The minimum absolute atomic E-state index is 0.328. The largest absolute Gasteiger partial charge is 0.284 e. The standard InChI is InChI=1S/C9H5FO2S/c1-4-6(10)3-2-5-7(11)9(12)13-8(4)5/h2-3H,1H3. The zero-order chi connectivity index (χ0) is 9.59. The molecular formula is C9H5FO2S. The second kappa shape index (κ2) is 2.67. The van der Waals surface area contributed by atoms with Crippen molar-refractivity contribution in [2.24, 2.45) is 0 Å². The van der Waals surface area contributed by atoms with E-state index < -0.39 is 10.9 Å². The van der Waals surface area contributed by atoms with Crippen LogP contribution in [0.3, 0.4) is 0 Å². The van der Waals surface area contributed by atoms with E-state index in [0.29, 0.717) is 16.0 Å². The van der Waals surface area contributed by atoms with E-state index in [0.717, 1.165) is 11.8 Å². The van der Waals surface area contributed by atoms with Gasteiger partial charge in [0.15, 0.2) is 0 Å². The second-order valence-electron chi connectivity index (χ2n) is 2.77. The van der Waals surface area contributed by atoms with Crippen molar-refractivity contribution in [2.45, 2.75) is 11.8 Å². The molecule has 1 aliphatic rings. The summed E-state index contributed by atoms with van der Waals surface area (Å²) in [6, 6.07) is 2.57. The van der Waals surface area contributed by atoms with E-state index in [1.165, 1.54) is 12.1 Å². The van der Waals surface area contributed by atoms with Gasteiger partial charge < -0.3 is 0 Å². The number of fused-ring (bicyclic) bond motifs is 1. The monoisotopic (exact) mass is 196 g/mol. The number of Topliss-reactive ketones (excluding diaryl/α,β-unsaturated/α-hetero) is 1. The molecule has 0 N–H and O–H groups in total. The van der Waals surface area contributed by atoms with Crippen molar-refractivity contribution >= 4 is 22.7 Å². The van der Waals surface area contributed by atoms with E-state index in [9.17, 15) is 14.0 Å². The van der Waals surface area contributed by atoms with Crippen molar-refractivity contribution in [1.29, 1.82) is 0 Å². The lowest BCUT2D eigenvalue weighted by Gasteiger charge is -2.00. The maximum Gasteiger partial charge on any atom is 0.264 e. The van der Waals surface area contributed by atoms with Crippen molar-refractivity contribution in [3.63, 3.8) is 0 Å². The van der Waals surface area contributed by atoms with Gasteiger partial charge >= 0.3 is 0 Å². The van der Waals surface area contributed by atoms with Gasteiger partial charge in [-0.25, -0.2) is 4.39 Å². The molecule has 0 unspecified atom stereocenters. The SMILES string of the molecule is Cc1c(F)ccc2c1SC(=O)C2=O. The molecule has 4 heteroatoms. The van der Waals surface area contributed by atoms with Gasteiger partial charge in [-0.3, -0.25) is 9.59 Å². The molecule has 0 aromatic heterocycles. The number of benzene rings is 1. The molecule has 0 atom stereocenters. The maximum atomic E-state index is 13.0. The Kier molecular flexibility index (Phi) is 1.73. The van der Waals surface area contributed by atoms with Crippen LogP contribution in [0.2, 0.25) is 0 Å². The molecule has 2 nitrogen and oxygen atoms in total. The molecule has 2 rings (SSSR count). The zero-order valence-corrected chi connectivity index (χ0v) is 7.57. The minimum atomic E-state index is -0.525. The summed E-state index contributed by atoms with van der Waals surface area (Å²) >= 11 is 0.811. The lowest BCUT2D eigenvalue weighted by molar-refractivity contribution is -0.107. The first-order valence-corrected chi connectivity index (χ1v) is 4.48. The molecule has 0 amide bonds. The summed E-state index contributed by atoms with van der Waals surface area (Å²) in [6.07, 6.45) is 0. The van der Waals surface area contributed by atoms with Crippen LogP contribution in [0.25, 0.3) is 0 Å². The molecule has 0 radical (unpaired) electrons. The van der Waals surface area contributed by atoms with Crippen molar-refractivity contribution in [1.82, 2.24) is 0 Å². The van der Waals surface area contributed by atoms with Crippen LogP contribution in [0.15, 0.2) is 17.0 Å². The predicted molar refractivity (Wildman–Crippen MR) is 46.3 cm³/mol. The van der Waals surface area contributed by atoms with Crippen LogP contribution in [0, 0.1) is 12.7 Å². The first kappa shape index (κ1) is 8.44. The van der Waals surface area contributed by atoms with E-state index in [1.807, 2.05) is 0 Å². The average Bonchev–Trinajstić information content (AvgIpc) is 2.38. The van der Waals surface area contributed by atoms with Crippen LogP contribution >= 0.6 is 11.8 Å². The van der Waals surface area contributed by atoms with Gasteiger partial charge in [-0.15, -0.1) is 0 Å². The fraction of sp³-hybridized carbons (Fsp3) is 0.111. The van der Waals surface area contributed by atoms with Crippen molar-refractivity contribution in [3.8, 4) is 0 Å². The maximum absolute atomic E-state index is 13.0. The average molecular weight is 196 g/mol. The minimum Gasteiger partial charge on any atom is -0.284 e. The number of rotatable bonds is 0. The molecular weight excluding hydrogens is 191 g/mol. The Hall–Kier alpha value is -1.16. The summed E-state index contributed by atoms with van der Waals surface area (Å²) in [5.74, 6) is -0.906. The van der Waals surface area contributed by atoms with Gasteiger partial charge in [0.2, 0.25) is 5.78 Å². The summed E-state index contributed by atoms with van der Waals surface area (Å²) < 4.78 is 13.0. The normalized spacial score (nSPS) is 14.9. The fourth-order valence-corrected chi connectivity index (χ4v) is 2.14. The quantitative estimate of drug-likeness (QED) is 0.595. The van der Waals surface area contributed by atoms with Crippen LogP contribution in [-0.4, -0.2) is 10.9 Å². The van der Waals surface area contributed by atoms with Crippen LogP contribution < -0.4 is 0 Å². The Balaban J connectivity index is 2.70. The third-order valence-electron chi connectivity index (χ3n) is 1.96. The molecule has 0 saturated heterocycles. The number of halogens is 1. The second-order valence-corrected chi connectivity index (χ2v) is 3.75. The van der Waals surface area contributed by atoms with Crippen LogP contribution in [0.5, 0.6) is 0 Å². The molecule has 0 saturated carbocycles. The molecule has 0 fully saturated rings. The summed E-state index contributed by atoms with van der Waals surface area (Å²) in [4.78, 5) is 22.6. The summed E-state index contributed by atoms with van der Waals surface area (Å²) in [6.45, 7) is 1.56. The van der Waals surface area contributed by atoms with Gasteiger partial charge in [0.25, 0.3) is 5.12 Å². The number of hydrogen-bond acceptors (Lipinski definition) is 3. The van der Waals surface area contributed by atoms with Gasteiger partial charge in [-0.2, -0.15) is 0 Å². The lowest BCUT2D eigenvalue weighted by Crippen LogP contribution is -2.02. The summed E-state index contributed by atoms with van der Waals surface area (Å²) in [5.41, 5.74) is 0.704. The molecule has 13 heavy (non-hydrogen) atoms. The van der Waals surface area contributed by atoms with E-state index in [-0.39, 0.29) is 5.82 Å². The molecule has 0 aliphatic carbocycles. The van der Waals surface area contributed by atoms with Crippen molar-refractivity contribution < 1.29 is 14.0 Å². The first-order valence-electron chi connectivity index (χ1n) is 3.67. The Bertz CT molecular complexity index is 426. The molecule has 0 spiro atoms. The highest BCUT2D eigenvalue weighted by Crippen LogP contribution is 2.35. The van der Waals surface area contributed by atoms with Gasteiger partial charge in [-0.1, -0.05) is 0 Å². The molecule has 1 heterocycles. The molecule has 0 bridgehead atoms. The van der Waals surface area contributed by atoms with Crippen LogP contribution in [-0.2, 0) is 4.79 Å². The highest BCUT2D eigenvalue weighted by atomic mass is 32.2. The van der Waals surface area contributed by atoms with Gasteiger partial charge in [0.05, 0.1) is 0 Å². The van der Waals surface area contributed by atoms with E-state index >= 15 is 0 Å². The zero-order valence-electron chi connectivity index (χ0n) is 6.76. The van der Waals surface area contributed by atoms with Gasteiger partial charge in [0, 0.05) is 10.5 Å². The highest BCUT2D eigenvalue weighted by Gasteiger charge is 2.31. The molecule has 1 aliphatic heterocycles. The molecule has 1 aromatic rings. The Morgan fingerprint density at radius 2 is 2.00 bits per heavy atom. The third-order valence-corrected chi connectivity index (χ3v) is 3.07. The number of hydrogen-bond donors (Lipinski definition) is 0. The smallest absolute Gasteiger partial charge is 0.264 e. The Morgan fingerprint density at radius 3 is 2.69 bits per heavy atom. The Morgan fingerprint density at radius 1 is 1.31 bits per heavy atom. The Labute approximate surface area is 78.1 Å². The van der Waals surface area contributed by atoms with E-state index in [1.54, 1.807) is 6.92 Å². The first-order chi connectivity index (χ1) is 6.11. The third kappa shape index (κ3) is 1.09. The topological polar surface area (TPSA) is 34.1 Å². The number of carbonyl (C=O) groups is 2.